The molecule has 0 aliphatic rings. The van der Waals surface area contributed by atoms with Gasteiger partial charge < -0.3 is 1.43 Å². The Labute approximate surface area is 129 Å². The van der Waals surface area contributed by atoms with Gasteiger partial charge in [0.25, 0.3) is 0 Å². The molecular weight excluding hydrogens is 275 g/mol. The van der Waals surface area contributed by atoms with Crippen molar-refractivity contribution in [2.45, 2.75) is 41.5 Å². The molecule has 0 nitrogen and oxygen atoms in total. The van der Waals surface area contributed by atoms with Crippen LogP contribution in [-0.4, -0.2) is 0 Å². The van der Waals surface area contributed by atoms with Crippen LogP contribution in [0.15, 0.2) is 0 Å². The van der Waals surface area contributed by atoms with E-state index in [4.69, 9.17) is 0 Å². The van der Waals surface area contributed by atoms with Gasteiger partial charge in [0.2, 0.25) is 0 Å². The molecule has 0 saturated heterocycles. The fourth-order valence-corrected chi connectivity index (χ4v) is 3.19. The molecular formula is C14H21P2Sc. The Hall–Kier alpha value is 0.430. The maximum absolute atomic E-state index is 3.29. The minimum absolute atomic E-state index is 0. The standard InChI is InChI=1S/2C7H10P.Sc.H/c2*1-5-4-8-7(3)6(5)2;;/h2*8H,1-3H3;;/q2*-1;+3;-1. The molecule has 0 aromatic carbocycles. The number of hydrogen-bond donors (Lipinski definition) is 0. The maximum Gasteiger partial charge on any atom is 3.00 e. The first-order valence-corrected chi connectivity index (χ1v) is 7.50. The molecule has 2 rings (SSSR count). The Balaban J connectivity index is 0. The summed E-state index contributed by atoms with van der Waals surface area (Å²) >= 11 is 0. The Kier molecular flexibility index (Phi) is 7.97. The van der Waals surface area contributed by atoms with Crippen molar-refractivity contribution in [1.29, 1.82) is 0 Å². The van der Waals surface area contributed by atoms with Crippen molar-refractivity contribution < 1.29 is 27.3 Å². The summed E-state index contributed by atoms with van der Waals surface area (Å²) in [5.41, 5.74) is 5.59. The zero-order chi connectivity index (χ0) is 12.3. The van der Waals surface area contributed by atoms with E-state index in [-0.39, 0.29) is 27.3 Å². The molecule has 2 atom stereocenters. The Morgan fingerprint density at radius 2 is 1.00 bits per heavy atom. The smallest absolute Gasteiger partial charge is 1.00 e. The van der Waals surface area contributed by atoms with Gasteiger partial charge in [-0.3, -0.25) is 16.4 Å². The van der Waals surface area contributed by atoms with Crippen LogP contribution >= 0.6 is 16.4 Å². The summed E-state index contributed by atoms with van der Waals surface area (Å²) < 4.78 is 0. The second kappa shape index (κ2) is 7.78. The first-order valence-electron chi connectivity index (χ1n) is 5.50. The minimum Gasteiger partial charge on any atom is -1.00 e. The third kappa shape index (κ3) is 4.90. The summed E-state index contributed by atoms with van der Waals surface area (Å²) in [5.74, 6) is 6.58. The van der Waals surface area contributed by atoms with Gasteiger partial charge in [-0.05, 0) is 0 Å². The van der Waals surface area contributed by atoms with Gasteiger partial charge >= 0.3 is 25.8 Å². The van der Waals surface area contributed by atoms with E-state index in [1.165, 1.54) is 32.8 Å². The van der Waals surface area contributed by atoms with E-state index in [9.17, 15) is 0 Å². The van der Waals surface area contributed by atoms with Gasteiger partial charge in [0.05, 0.1) is 0 Å². The fraction of sp³-hybridized carbons (Fsp3) is 0.429. The molecule has 2 aromatic rings. The van der Waals surface area contributed by atoms with Crippen molar-refractivity contribution in [3.63, 3.8) is 0 Å². The molecule has 2 aromatic heterocycles. The predicted molar refractivity (Wildman–Crippen MR) is 79.1 cm³/mol. The SMILES string of the molecule is Cc1[c-][pH]c(C)c1C.Cc1[c-][pH]c(C)c1C.[H-].[Sc+3]. The molecule has 0 radical (unpaired) electrons. The van der Waals surface area contributed by atoms with Crippen LogP contribution in [-0.2, 0) is 25.8 Å². The monoisotopic (exact) mass is 296 g/mol. The van der Waals surface area contributed by atoms with E-state index in [0.717, 1.165) is 16.4 Å². The summed E-state index contributed by atoms with van der Waals surface area (Å²) in [5, 5.41) is 3.00. The Morgan fingerprint density at radius 3 is 1.06 bits per heavy atom. The molecule has 0 bridgehead atoms. The summed E-state index contributed by atoms with van der Waals surface area (Å²) in [6, 6.07) is 0. The molecule has 3 heteroatoms. The van der Waals surface area contributed by atoms with Gasteiger partial charge in [0.15, 0.2) is 0 Å². The van der Waals surface area contributed by atoms with Crippen LogP contribution in [0.4, 0.5) is 0 Å². The van der Waals surface area contributed by atoms with Crippen molar-refractivity contribution in [2.75, 3.05) is 0 Å². The minimum atomic E-state index is 0. The van der Waals surface area contributed by atoms with Gasteiger partial charge in [-0.15, -0.1) is 0 Å². The summed E-state index contributed by atoms with van der Waals surface area (Å²) in [4.78, 5) is 0. The van der Waals surface area contributed by atoms with Crippen LogP contribution in [0.2, 0.25) is 0 Å². The largest absolute Gasteiger partial charge is 3.00 e. The molecule has 0 N–H and O–H groups in total. The summed E-state index contributed by atoms with van der Waals surface area (Å²) in [6.07, 6.45) is 0. The average molecular weight is 296 g/mol. The molecule has 0 amide bonds. The molecule has 2 heterocycles. The summed E-state index contributed by atoms with van der Waals surface area (Å²) in [7, 11) is 1.67. The van der Waals surface area contributed by atoms with Crippen molar-refractivity contribution in [1.82, 2.24) is 0 Å². The Morgan fingerprint density at radius 1 is 0.706 bits per heavy atom. The van der Waals surface area contributed by atoms with Crippen LogP contribution in [0.25, 0.3) is 0 Å². The first-order chi connectivity index (χ1) is 7.43. The zero-order valence-electron chi connectivity index (χ0n) is 12.6. The molecule has 2 unspecified atom stereocenters. The molecule has 0 aliphatic carbocycles. The first kappa shape index (κ1) is 17.4. The van der Waals surface area contributed by atoms with Crippen molar-refractivity contribution in [3.8, 4) is 0 Å². The van der Waals surface area contributed by atoms with Crippen LogP contribution in [0.3, 0.4) is 0 Å². The third-order valence-electron chi connectivity index (χ3n) is 3.12. The topological polar surface area (TPSA) is 0 Å². The van der Waals surface area contributed by atoms with Crippen LogP contribution < -0.4 is 0 Å². The predicted octanol–water partition coefficient (Wildman–Crippen LogP) is 5.00. The maximum atomic E-state index is 3.29. The normalized spacial score (nSPS) is 10.2. The van der Waals surface area contributed by atoms with Gasteiger partial charge in [-0.1, -0.05) is 41.5 Å². The number of rotatable bonds is 0. The van der Waals surface area contributed by atoms with Crippen molar-refractivity contribution >= 4 is 16.4 Å². The molecule has 0 aliphatic heterocycles. The van der Waals surface area contributed by atoms with Gasteiger partial charge in [-0.25, -0.2) is 0 Å². The van der Waals surface area contributed by atoms with Crippen LogP contribution in [0.1, 0.15) is 34.3 Å². The van der Waals surface area contributed by atoms with E-state index in [2.05, 4.69) is 53.1 Å². The molecule has 0 spiro atoms. The van der Waals surface area contributed by atoms with Crippen LogP contribution in [0, 0.1) is 53.1 Å². The van der Waals surface area contributed by atoms with Crippen LogP contribution in [0.5, 0.6) is 0 Å². The quantitative estimate of drug-likeness (QED) is 0.600. The van der Waals surface area contributed by atoms with E-state index in [1.54, 1.807) is 0 Å². The molecule has 0 saturated carbocycles. The fourth-order valence-electron chi connectivity index (χ4n) is 1.31. The zero-order valence-corrected chi connectivity index (χ0v) is 15.4. The van der Waals surface area contributed by atoms with E-state index >= 15 is 0 Å². The van der Waals surface area contributed by atoms with Crippen molar-refractivity contribution in [3.05, 3.63) is 44.4 Å². The second-order valence-corrected chi connectivity index (χ2v) is 6.75. The van der Waals surface area contributed by atoms with Gasteiger partial charge in [0, 0.05) is 0 Å². The molecule has 17 heavy (non-hydrogen) atoms. The number of hydrogen-bond acceptors (Lipinski definition) is 0. The summed E-state index contributed by atoms with van der Waals surface area (Å²) in [6.45, 7) is 12.9. The molecule has 90 valence electrons. The molecule has 0 fully saturated rings. The number of aryl methyl sites for hydroxylation is 4. The average Bonchev–Trinajstić information content (AvgIpc) is 2.70. The van der Waals surface area contributed by atoms with E-state index in [0.29, 0.717) is 0 Å². The third-order valence-corrected chi connectivity index (χ3v) is 5.62. The van der Waals surface area contributed by atoms with Crippen molar-refractivity contribution in [2.24, 2.45) is 0 Å². The Bertz CT molecular complexity index is 389. The van der Waals surface area contributed by atoms with E-state index in [1.807, 2.05) is 0 Å². The second-order valence-electron chi connectivity index (χ2n) is 4.25. The van der Waals surface area contributed by atoms with E-state index < -0.39 is 0 Å². The van der Waals surface area contributed by atoms with Gasteiger partial charge in [0.1, 0.15) is 0 Å². The van der Waals surface area contributed by atoms with Gasteiger partial charge in [-0.2, -0.15) is 44.4 Å².